The Morgan fingerprint density at radius 2 is 2.07 bits per heavy atom. The van der Waals surface area contributed by atoms with Gasteiger partial charge in [-0.2, -0.15) is 0 Å². The molecule has 0 saturated heterocycles. The summed E-state index contributed by atoms with van der Waals surface area (Å²) in [7, 11) is 0. The maximum atomic E-state index is 9.38. The van der Waals surface area contributed by atoms with E-state index < -0.39 is 0 Å². The van der Waals surface area contributed by atoms with Gasteiger partial charge in [-0.3, -0.25) is 0 Å². The van der Waals surface area contributed by atoms with Gasteiger partial charge in [0.25, 0.3) is 0 Å². The lowest BCUT2D eigenvalue weighted by atomic mass is 9.83. The number of aliphatic hydroxyl groups is 1. The molecular weight excluding hydrogens is 278 g/mol. The van der Waals surface area contributed by atoms with Crippen LogP contribution in [0.1, 0.15) is 26.7 Å². The molecule has 0 bridgehead atoms. The zero-order valence-corrected chi connectivity index (χ0v) is 11.4. The van der Waals surface area contributed by atoms with Gasteiger partial charge in [0.05, 0.1) is 6.61 Å². The van der Waals surface area contributed by atoms with E-state index in [1.165, 1.54) is 11.3 Å². The lowest BCUT2D eigenvalue weighted by Gasteiger charge is -2.29. The van der Waals surface area contributed by atoms with E-state index in [1.807, 2.05) is 0 Å². The van der Waals surface area contributed by atoms with Gasteiger partial charge in [0.1, 0.15) is 0 Å². The summed E-state index contributed by atoms with van der Waals surface area (Å²) in [4.78, 5) is 0. The molecule has 1 aromatic rings. The van der Waals surface area contributed by atoms with E-state index >= 15 is 0 Å². The standard InChI is InChI=1S/C9H16BrN3OS/c1-3-9(4-2,6-14)5-11-8-13-12-7(10)15-8/h14H,3-6H2,1-2H3,(H,11,13). The van der Waals surface area contributed by atoms with Crippen molar-refractivity contribution in [1.29, 1.82) is 0 Å². The highest BCUT2D eigenvalue weighted by atomic mass is 79.9. The third kappa shape index (κ3) is 3.39. The van der Waals surface area contributed by atoms with Crippen LogP contribution in [0.15, 0.2) is 3.92 Å². The molecule has 4 nitrogen and oxygen atoms in total. The van der Waals surface area contributed by atoms with Crippen LogP contribution in [0.25, 0.3) is 0 Å². The van der Waals surface area contributed by atoms with Crippen molar-refractivity contribution in [2.45, 2.75) is 26.7 Å². The second-order valence-corrected chi connectivity index (χ2v) is 5.83. The molecule has 1 aromatic heterocycles. The van der Waals surface area contributed by atoms with Gasteiger partial charge in [-0.25, -0.2) is 0 Å². The van der Waals surface area contributed by atoms with Crippen molar-refractivity contribution in [2.24, 2.45) is 5.41 Å². The van der Waals surface area contributed by atoms with Crippen molar-refractivity contribution in [3.05, 3.63) is 3.92 Å². The number of hydrogen-bond acceptors (Lipinski definition) is 5. The third-order valence-electron chi connectivity index (χ3n) is 2.85. The highest BCUT2D eigenvalue weighted by molar-refractivity contribution is 9.11. The quantitative estimate of drug-likeness (QED) is 0.846. The van der Waals surface area contributed by atoms with Crippen LogP contribution >= 0.6 is 27.3 Å². The topological polar surface area (TPSA) is 58.0 Å². The number of aliphatic hydroxyl groups excluding tert-OH is 1. The molecular formula is C9H16BrN3OS. The molecule has 0 unspecified atom stereocenters. The summed E-state index contributed by atoms with van der Waals surface area (Å²) in [5, 5.41) is 21.2. The molecule has 0 atom stereocenters. The predicted octanol–water partition coefficient (Wildman–Crippen LogP) is 2.51. The Hall–Kier alpha value is -0.200. The normalized spacial score (nSPS) is 11.7. The van der Waals surface area contributed by atoms with Crippen LogP contribution in [0, 0.1) is 5.41 Å². The van der Waals surface area contributed by atoms with Crippen LogP contribution in [0.5, 0.6) is 0 Å². The summed E-state index contributed by atoms with van der Waals surface area (Å²) < 4.78 is 0.771. The maximum absolute atomic E-state index is 9.38. The Morgan fingerprint density at radius 1 is 1.40 bits per heavy atom. The van der Waals surface area contributed by atoms with Gasteiger partial charge in [0.2, 0.25) is 5.13 Å². The van der Waals surface area contributed by atoms with Gasteiger partial charge >= 0.3 is 0 Å². The SMILES string of the molecule is CCC(CC)(CO)CNc1nnc(Br)s1. The fraction of sp³-hybridized carbons (Fsp3) is 0.778. The van der Waals surface area contributed by atoms with Gasteiger partial charge in [-0.05, 0) is 28.8 Å². The molecule has 0 aromatic carbocycles. The first-order chi connectivity index (χ1) is 7.15. The summed E-state index contributed by atoms with van der Waals surface area (Å²) in [5.74, 6) is 0. The molecule has 0 amide bonds. The summed E-state index contributed by atoms with van der Waals surface area (Å²) in [6.07, 6.45) is 1.90. The van der Waals surface area contributed by atoms with E-state index in [9.17, 15) is 5.11 Å². The molecule has 0 aliphatic carbocycles. The zero-order chi connectivity index (χ0) is 11.3. The number of anilines is 1. The van der Waals surface area contributed by atoms with E-state index in [2.05, 4.69) is 45.3 Å². The second kappa shape index (κ2) is 5.77. The predicted molar refractivity (Wildman–Crippen MR) is 66.2 cm³/mol. The van der Waals surface area contributed by atoms with Crippen molar-refractivity contribution in [3.63, 3.8) is 0 Å². The smallest absolute Gasteiger partial charge is 0.206 e. The second-order valence-electron chi connectivity index (χ2n) is 3.58. The lowest BCUT2D eigenvalue weighted by molar-refractivity contribution is 0.127. The van der Waals surface area contributed by atoms with E-state index in [4.69, 9.17) is 0 Å². The van der Waals surface area contributed by atoms with E-state index in [1.54, 1.807) is 0 Å². The molecule has 0 aliphatic rings. The molecule has 0 saturated carbocycles. The molecule has 1 heterocycles. The molecule has 0 aliphatic heterocycles. The minimum absolute atomic E-state index is 0.0435. The lowest BCUT2D eigenvalue weighted by Crippen LogP contribution is -2.32. The first-order valence-corrected chi connectivity index (χ1v) is 6.60. The maximum Gasteiger partial charge on any atom is 0.206 e. The van der Waals surface area contributed by atoms with Gasteiger partial charge in [0.15, 0.2) is 3.92 Å². The minimum Gasteiger partial charge on any atom is -0.396 e. The largest absolute Gasteiger partial charge is 0.396 e. The molecule has 86 valence electrons. The van der Waals surface area contributed by atoms with Crippen LogP contribution in [-0.2, 0) is 0 Å². The first-order valence-electron chi connectivity index (χ1n) is 4.99. The Kier molecular flexibility index (Phi) is 4.95. The Bertz CT molecular complexity index is 293. The number of nitrogens with one attached hydrogen (secondary N) is 1. The average molecular weight is 294 g/mol. The number of halogens is 1. The minimum atomic E-state index is -0.0435. The summed E-state index contributed by atoms with van der Waals surface area (Å²) in [6.45, 7) is 5.12. The Balaban J connectivity index is 2.54. The van der Waals surface area contributed by atoms with Gasteiger partial charge in [-0.1, -0.05) is 25.2 Å². The molecule has 0 radical (unpaired) electrons. The molecule has 15 heavy (non-hydrogen) atoms. The molecule has 1 rings (SSSR count). The summed E-state index contributed by atoms with van der Waals surface area (Å²) in [6, 6.07) is 0. The van der Waals surface area contributed by atoms with Crippen LogP contribution in [0.3, 0.4) is 0 Å². The van der Waals surface area contributed by atoms with Crippen LogP contribution in [0.2, 0.25) is 0 Å². The van der Waals surface area contributed by atoms with Crippen molar-refractivity contribution in [3.8, 4) is 0 Å². The van der Waals surface area contributed by atoms with E-state index in [-0.39, 0.29) is 12.0 Å². The summed E-state index contributed by atoms with van der Waals surface area (Å²) in [5.41, 5.74) is -0.0435. The van der Waals surface area contributed by atoms with Crippen molar-refractivity contribution >= 4 is 32.4 Å². The molecule has 2 N–H and O–H groups in total. The number of rotatable bonds is 6. The van der Waals surface area contributed by atoms with Crippen molar-refractivity contribution in [1.82, 2.24) is 10.2 Å². The Labute approximate surface area is 102 Å². The number of hydrogen-bond donors (Lipinski definition) is 2. The van der Waals surface area contributed by atoms with Crippen molar-refractivity contribution < 1.29 is 5.11 Å². The van der Waals surface area contributed by atoms with Crippen LogP contribution in [0.4, 0.5) is 5.13 Å². The molecule has 6 heteroatoms. The van der Waals surface area contributed by atoms with Crippen molar-refractivity contribution in [2.75, 3.05) is 18.5 Å². The monoisotopic (exact) mass is 293 g/mol. The first kappa shape index (κ1) is 12.9. The highest BCUT2D eigenvalue weighted by Crippen LogP contribution is 2.27. The fourth-order valence-electron chi connectivity index (χ4n) is 1.32. The average Bonchev–Trinajstić information content (AvgIpc) is 2.67. The van der Waals surface area contributed by atoms with Crippen LogP contribution < -0.4 is 5.32 Å². The third-order valence-corrected chi connectivity index (χ3v) is 4.16. The van der Waals surface area contributed by atoms with Gasteiger partial charge in [-0.15, -0.1) is 10.2 Å². The Morgan fingerprint density at radius 3 is 2.47 bits per heavy atom. The van der Waals surface area contributed by atoms with Gasteiger partial charge in [0, 0.05) is 12.0 Å². The molecule has 0 fully saturated rings. The van der Waals surface area contributed by atoms with E-state index in [0.29, 0.717) is 0 Å². The zero-order valence-electron chi connectivity index (χ0n) is 8.96. The van der Waals surface area contributed by atoms with Gasteiger partial charge < -0.3 is 10.4 Å². The fourth-order valence-corrected chi connectivity index (χ4v) is 2.33. The van der Waals surface area contributed by atoms with Crippen LogP contribution in [-0.4, -0.2) is 28.5 Å². The van der Waals surface area contributed by atoms with E-state index in [0.717, 1.165) is 28.4 Å². The summed E-state index contributed by atoms with van der Waals surface area (Å²) >= 11 is 4.72. The highest BCUT2D eigenvalue weighted by Gasteiger charge is 2.25. The number of aromatic nitrogens is 2. The number of nitrogens with zero attached hydrogens (tertiary/aromatic N) is 2. The molecule has 0 spiro atoms.